The van der Waals surface area contributed by atoms with E-state index in [-0.39, 0.29) is 11.4 Å². The van der Waals surface area contributed by atoms with E-state index in [1.54, 1.807) is 12.1 Å². The van der Waals surface area contributed by atoms with E-state index >= 15 is 0 Å². The third-order valence-corrected chi connectivity index (χ3v) is 7.08. The van der Waals surface area contributed by atoms with Gasteiger partial charge < -0.3 is 10.2 Å². The standard InChI is InChI=1S/C20H23BrFN3O3S/c1-24(2)29(27,28)17-5-6-19(25-7-3-4-8-25)18(12-17)20(26)23-13-14-9-15(21)11-16(22)10-14/h5-6,9-12H,3-4,7-8,13H2,1-2H3,(H,23,26). The topological polar surface area (TPSA) is 69.7 Å². The molecule has 3 rings (SSSR count). The number of sulfonamides is 1. The van der Waals surface area contributed by atoms with Gasteiger partial charge in [0.05, 0.1) is 10.5 Å². The predicted octanol–water partition coefficient (Wildman–Crippen LogP) is 3.37. The highest BCUT2D eigenvalue weighted by Gasteiger charge is 2.24. The molecule has 1 aliphatic heterocycles. The molecule has 1 fully saturated rings. The van der Waals surface area contributed by atoms with Gasteiger partial charge in [-0.15, -0.1) is 0 Å². The summed E-state index contributed by atoms with van der Waals surface area (Å²) in [4.78, 5) is 15.1. The fraction of sp³-hybridized carbons (Fsp3) is 0.350. The Morgan fingerprint density at radius 2 is 1.86 bits per heavy atom. The lowest BCUT2D eigenvalue weighted by molar-refractivity contribution is 0.0951. The highest BCUT2D eigenvalue weighted by Crippen LogP contribution is 2.28. The first-order valence-electron chi connectivity index (χ1n) is 9.23. The molecule has 156 valence electrons. The van der Waals surface area contributed by atoms with E-state index in [4.69, 9.17) is 0 Å². The molecule has 0 saturated carbocycles. The van der Waals surface area contributed by atoms with Gasteiger partial charge in [-0.2, -0.15) is 0 Å². The lowest BCUT2D eigenvalue weighted by atomic mass is 10.1. The van der Waals surface area contributed by atoms with E-state index in [2.05, 4.69) is 26.1 Å². The molecule has 0 spiro atoms. The van der Waals surface area contributed by atoms with Crippen LogP contribution in [-0.2, 0) is 16.6 Å². The summed E-state index contributed by atoms with van der Waals surface area (Å²) in [5.74, 6) is -0.802. The van der Waals surface area contributed by atoms with Crippen molar-refractivity contribution in [2.75, 3.05) is 32.1 Å². The van der Waals surface area contributed by atoms with Crippen molar-refractivity contribution < 1.29 is 17.6 Å². The van der Waals surface area contributed by atoms with Crippen molar-refractivity contribution in [2.24, 2.45) is 0 Å². The summed E-state index contributed by atoms with van der Waals surface area (Å²) < 4.78 is 40.3. The highest BCUT2D eigenvalue weighted by molar-refractivity contribution is 9.10. The SMILES string of the molecule is CN(C)S(=O)(=O)c1ccc(N2CCCC2)c(C(=O)NCc2cc(F)cc(Br)c2)c1. The smallest absolute Gasteiger partial charge is 0.253 e. The molecular weight excluding hydrogens is 461 g/mol. The van der Waals surface area contributed by atoms with E-state index < -0.39 is 21.7 Å². The number of halogens is 2. The number of benzene rings is 2. The van der Waals surface area contributed by atoms with Crippen LogP contribution in [0.15, 0.2) is 45.8 Å². The van der Waals surface area contributed by atoms with Crippen LogP contribution in [0.25, 0.3) is 0 Å². The van der Waals surface area contributed by atoms with Gasteiger partial charge in [-0.3, -0.25) is 4.79 Å². The van der Waals surface area contributed by atoms with E-state index in [1.807, 2.05) is 0 Å². The zero-order valence-corrected chi connectivity index (χ0v) is 18.7. The summed E-state index contributed by atoms with van der Waals surface area (Å²) >= 11 is 3.24. The molecule has 1 aliphatic rings. The van der Waals surface area contributed by atoms with Gasteiger partial charge in [-0.25, -0.2) is 17.1 Å². The van der Waals surface area contributed by atoms with Crippen molar-refractivity contribution in [1.82, 2.24) is 9.62 Å². The third kappa shape index (κ3) is 4.96. The summed E-state index contributed by atoms with van der Waals surface area (Å²) in [5.41, 5.74) is 1.61. The molecule has 1 N–H and O–H groups in total. The zero-order chi connectivity index (χ0) is 21.2. The number of anilines is 1. The first kappa shape index (κ1) is 21.7. The Kier molecular flexibility index (Phi) is 6.60. The van der Waals surface area contributed by atoms with Gasteiger partial charge in [-0.05, 0) is 54.8 Å². The Morgan fingerprint density at radius 3 is 2.48 bits per heavy atom. The number of hydrogen-bond acceptors (Lipinski definition) is 4. The fourth-order valence-electron chi connectivity index (χ4n) is 3.29. The van der Waals surface area contributed by atoms with Gasteiger partial charge in [0.25, 0.3) is 5.91 Å². The molecule has 1 heterocycles. The molecule has 6 nitrogen and oxygen atoms in total. The molecule has 29 heavy (non-hydrogen) atoms. The van der Waals surface area contributed by atoms with Crippen LogP contribution in [0.2, 0.25) is 0 Å². The fourth-order valence-corrected chi connectivity index (χ4v) is 4.73. The average molecular weight is 484 g/mol. The van der Waals surface area contributed by atoms with Gasteiger partial charge in [0.2, 0.25) is 10.0 Å². The second-order valence-corrected chi connectivity index (χ2v) is 10.2. The van der Waals surface area contributed by atoms with Crippen LogP contribution < -0.4 is 10.2 Å². The minimum Gasteiger partial charge on any atom is -0.371 e. The van der Waals surface area contributed by atoms with Crippen LogP contribution in [0, 0.1) is 5.82 Å². The molecule has 0 unspecified atom stereocenters. The molecule has 0 bridgehead atoms. The van der Waals surface area contributed by atoms with Crippen molar-refractivity contribution >= 4 is 37.5 Å². The maximum atomic E-state index is 13.6. The molecule has 2 aromatic rings. The maximum Gasteiger partial charge on any atom is 0.253 e. The first-order valence-corrected chi connectivity index (χ1v) is 11.5. The maximum absolute atomic E-state index is 13.6. The van der Waals surface area contributed by atoms with Crippen molar-refractivity contribution in [3.05, 3.63) is 57.8 Å². The number of nitrogens with one attached hydrogen (secondary N) is 1. The van der Waals surface area contributed by atoms with Crippen LogP contribution in [-0.4, -0.2) is 45.8 Å². The molecule has 0 aliphatic carbocycles. The Labute approximate surface area is 178 Å². The Bertz CT molecular complexity index is 1000. The van der Waals surface area contributed by atoms with Gasteiger partial charge in [0.1, 0.15) is 5.82 Å². The van der Waals surface area contributed by atoms with E-state index in [9.17, 15) is 17.6 Å². The molecule has 0 aromatic heterocycles. The predicted molar refractivity (Wildman–Crippen MR) is 114 cm³/mol. The van der Waals surface area contributed by atoms with E-state index in [0.29, 0.717) is 21.3 Å². The van der Waals surface area contributed by atoms with Crippen LogP contribution in [0.1, 0.15) is 28.8 Å². The monoisotopic (exact) mass is 483 g/mol. The van der Waals surface area contributed by atoms with Crippen LogP contribution in [0.3, 0.4) is 0 Å². The van der Waals surface area contributed by atoms with Gasteiger partial charge >= 0.3 is 0 Å². The number of amides is 1. The summed E-state index contributed by atoms with van der Waals surface area (Å²) in [5, 5.41) is 2.78. The summed E-state index contributed by atoms with van der Waals surface area (Å²) in [6.45, 7) is 1.76. The Hall–Kier alpha value is -1.97. The summed E-state index contributed by atoms with van der Waals surface area (Å²) in [6, 6.07) is 9.04. The van der Waals surface area contributed by atoms with Crippen LogP contribution in [0.4, 0.5) is 10.1 Å². The molecule has 0 radical (unpaired) electrons. The summed E-state index contributed by atoms with van der Waals surface area (Å²) in [6.07, 6.45) is 2.05. The third-order valence-electron chi connectivity index (χ3n) is 4.81. The molecule has 1 saturated heterocycles. The van der Waals surface area contributed by atoms with E-state index in [0.717, 1.165) is 30.2 Å². The summed E-state index contributed by atoms with van der Waals surface area (Å²) in [7, 11) is -0.773. The van der Waals surface area contributed by atoms with Crippen LogP contribution in [0.5, 0.6) is 0 Å². The van der Waals surface area contributed by atoms with Gasteiger partial charge in [0.15, 0.2) is 0 Å². The average Bonchev–Trinajstić information content (AvgIpc) is 3.19. The molecule has 2 aromatic carbocycles. The van der Waals surface area contributed by atoms with Gasteiger partial charge in [-0.1, -0.05) is 15.9 Å². The van der Waals surface area contributed by atoms with E-state index in [1.165, 1.54) is 38.4 Å². The minimum absolute atomic E-state index is 0.0593. The molecule has 0 atom stereocenters. The van der Waals surface area contributed by atoms with Crippen molar-refractivity contribution in [2.45, 2.75) is 24.3 Å². The minimum atomic E-state index is -3.67. The number of rotatable bonds is 6. The number of carbonyl (C=O) groups is 1. The second-order valence-electron chi connectivity index (χ2n) is 7.12. The lowest BCUT2D eigenvalue weighted by Crippen LogP contribution is -2.28. The number of hydrogen-bond donors (Lipinski definition) is 1. The second kappa shape index (κ2) is 8.81. The number of nitrogens with zero attached hydrogens (tertiary/aromatic N) is 2. The highest BCUT2D eigenvalue weighted by atomic mass is 79.9. The molecule has 1 amide bonds. The Balaban J connectivity index is 1.92. The van der Waals surface area contributed by atoms with Gasteiger partial charge in [0, 0.05) is 43.9 Å². The largest absolute Gasteiger partial charge is 0.371 e. The number of carbonyl (C=O) groups excluding carboxylic acids is 1. The Morgan fingerprint density at radius 1 is 1.17 bits per heavy atom. The van der Waals surface area contributed by atoms with Crippen molar-refractivity contribution in [3.63, 3.8) is 0 Å². The quantitative estimate of drug-likeness (QED) is 0.683. The first-order chi connectivity index (χ1) is 13.7. The van der Waals surface area contributed by atoms with Crippen LogP contribution >= 0.6 is 15.9 Å². The lowest BCUT2D eigenvalue weighted by Gasteiger charge is -2.22. The normalized spacial score (nSPS) is 14.4. The van der Waals surface area contributed by atoms with Crippen molar-refractivity contribution in [3.8, 4) is 0 Å². The zero-order valence-electron chi connectivity index (χ0n) is 16.3. The molecular formula is C20H23BrFN3O3S. The molecule has 9 heteroatoms. The van der Waals surface area contributed by atoms with Crippen molar-refractivity contribution in [1.29, 1.82) is 0 Å².